The van der Waals surface area contributed by atoms with E-state index in [-0.39, 0.29) is 11.2 Å². The van der Waals surface area contributed by atoms with Gasteiger partial charge in [0, 0.05) is 0 Å². The van der Waals surface area contributed by atoms with Crippen LogP contribution in [0.2, 0.25) is 0 Å². The lowest BCUT2D eigenvalue weighted by molar-refractivity contribution is -0.137. The standard InChI is InChI=1S/C9H6F3N3O/c10-9(11,12)5-3-6-1-2-7(8(13)16)15(6)14-4-5/h1-4H,(H2,13,16). The Bertz CT molecular complexity index is 559. The maximum atomic E-state index is 12.3. The number of fused-ring (bicyclic) bond motifs is 1. The van der Waals surface area contributed by atoms with E-state index in [1.54, 1.807) is 0 Å². The van der Waals surface area contributed by atoms with Gasteiger partial charge in [-0.15, -0.1) is 0 Å². The number of aromatic nitrogens is 2. The van der Waals surface area contributed by atoms with Gasteiger partial charge in [-0.2, -0.15) is 18.3 Å². The van der Waals surface area contributed by atoms with Gasteiger partial charge < -0.3 is 5.73 Å². The second kappa shape index (κ2) is 3.22. The molecule has 0 aliphatic rings. The molecule has 0 bridgehead atoms. The first-order valence-corrected chi connectivity index (χ1v) is 4.24. The predicted molar refractivity (Wildman–Crippen MR) is 48.7 cm³/mol. The van der Waals surface area contributed by atoms with Gasteiger partial charge in [0.25, 0.3) is 5.91 Å². The maximum Gasteiger partial charge on any atom is 0.418 e. The highest BCUT2D eigenvalue weighted by atomic mass is 19.4. The van der Waals surface area contributed by atoms with Crippen LogP contribution in [-0.4, -0.2) is 15.5 Å². The van der Waals surface area contributed by atoms with Crippen LogP contribution in [0, 0.1) is 0 Å². The van der Waals surface area contributed by atoms with Crippen molar-refractivity contribution in [1.82, 2.24) is 9.61 Å². The van der Waals surface area contributed by atoms with Crippen LogP contribution in [0.1, 0.15) is 16.1 Å². The molecule has 0 fully saturated rings. The Hall–Kier alpha value is -2.05. The summed E-state index contributed by atoms with van der Waals surface area (Å²) in [5.41, 5.74) is 4.37. The summed E-state index contributed by atoms with van der Waals surface area (Å²) in [7, 11) is 0. The van der Waals surface area contributed by atoms with E-state index in [9.17, 15) is 18.0 Å². The number of nitrogens with zero attached hydrogens (tertiary/aromatic N) is 2. The lowest BCUT2D eigenvalue weighted by atomic mass is 10.3. The SMILES string of the molecule is NC(=O)c1ccc2cc(C(F)(F)F)cnn12. The van der Waals surface area contributed by atoms with Crippen molar-refractivity contribution in [2.24, 2.45) is 5.73 Å². The third-order valence-corrected chi connectivity index (χ3v) is 2.08. The third-order valence-electron chi connectivity index (χ3n) is 2.08. The zero-order chi connectivity index (χ0) is 11.9. The van der Waals surface area contributed by atoms with Gasteiger partial charge in [-0.1, -0.05) is 0 Å². The molecule has 0 atom stereocenters. The summed E-state index contributed by atoms with van der Waals surface area (Å²) >= 11 is 0. The molecular weight excluding hydrogens is 223 g/mol. The number of hydrogen-bond donors (Lipinski definition) is 1. The van der Waals surface area contributed by atoms with Crippen LogP contribution in [0.15, 0.2) is 24.4 Å². The third kappa shape index (κ3) is 1.60. The highest BCUT2D eigenvalue weighted by Crippen LogP contribution is 2.29. The summed E-state index contributed by atoms with van der Waals surface area (Å²) in [5.74, 6) is -0.743. The summed E-state index contributed by atoms with van der Waals surface area (Å²) in [6.45, 7) is 0. The van der Waals surface area contributed by atoms with E-state index in [1.807, 2.05) is 0 Å². The molecule has 16 heavy (non-hydrogen) atoms. The molecule has 0 unspecified atom stereocenters. The zero-order valence-corrected chi connectivity index (χ0v) is 7.82. The number of nitrogens with two attached hydrogens (primary N) is 1. The molecule has 0 spiro atoms. The first-order valence-electron chi connectivity index (χ1n) is 4.24. The molecule has 1 amide bonds. The van der Waals surface area contributed by atoms with Gasteiger partial charge in [-0.25, -0.2) is 4.52 Å². The molecule has 2 N–H and O–H groups in total. The molecule has 0 radical (unpaired) electrons. The molecule has 84 valence electrons. The second-order valence-electron chi connectivity index (χ2n) is 3.16. The molecular formula is C9H6F3N3O. The number of carbonyl (C=O) groups is 1. The fraction of sp³-hybridized carbons (Fsp3) is 0.111. The van der Waals surface area contributed by atoms with Gasteiger partial charge in [-0.3, -0.25) is 4.79 Å². The van der Waals surface area contributed by atoms with E-state index in [0.717, 1.165) is 10.6 Å². The second-order valence-corrected chi connectivity index (χ2v) is 3.16. The van der Waals surface area contributed by atoms with E-state index in [1.165, 1.54) is 12.1 Å². The summed E-state index contributed by atoms with van der Waals surface area (Å²) < 4.78 is 38.1. The Labute approximate surface area is 87.5 Å². The number of amides is 1. The van der Waals surface area contributed by atoms with Crippen LogP contribution in [0.4, 0.5) is 13.2 Å². The highest BCUT2D eigenvalue weighted by Gasteiger charge is 2.31. The molecule has 2 aromatic rings. The van der Waals surface area contributed by atoms with Gasteiger partial charge in [0.05, 0.1) is 17.3 Å². The number of carbonyl (C=O) groups excluding carboxylic acids is 1. The molecule has 2 heterocycles. The van der Waals surface area contributed by atoms with E-state index in [2.05, 4.69) is 5.10 Å². The number of primary amides is 1. The molecule has 0 aromatic carbocycles. The smallest absolute Gasteiger partial charge is 0.364 e. The van der Waals surface area contributed by atoms with E-state index in [0.29, 0.717) is 6.20 Å². The quantitative estimate of drug-likeness (QED) is 0.804. The molecule has 7 heteroatoms. The number of alkyl halides is 3. The molecule has 4 nitrogen and oxygen atoms in total. The largest absolute Gasteiger partial charge is 0.418 e. The van der Waals surface area contributed by atoms with Crippen molar-refractivity contribution in [3.8, 4) is 0 Å². The van der Waals surface area contributed by atoms with Crippen LogP contribution in [0.25, 0.3) is 5.52 Å². The Morgan fingerprint density at radius 3 is 2.62 bits per heavy atom. The van der Waals surface area contributed by atoms with Crippen LogP contribution in [0.3, 0.4) is 0 Å². The van der Waals surface area contributed by atoms with Gasteiger partial charge >= 0.3 is 6.18 Å². The lowest BCUT2D eigenvalue weighted by Gasteiger charge is -2.06. The van der Waals surface area contributed by atoms with Gasteiger partial charge in [-0.05, 0) is 18.2 Å². The molecule has 0 aliphatic carbocycles. The highest BCUT2D eigenvalue weighted by molar-refractivity contribution is 5.92. The summed E-state index contributed by atoms with van der Waals surface area (Å²) in [6.07, 6.45) is -3.80. The monoisotopic (exact) mass is 229 g/mol. The molecule has 2 rings (SSSR count). The first kappa shape index (κ1) is 10.5. The zero-order valence-electron chi connectivity index (χ0n) is 7.82. The fourth-order valence-electron chi connectivity index (χ4n) is 1.34. The fourth-order valence-corrected chi connectivity index (χ4v) is 1.34. The summed E-state index contributed by atoms with van der Waals surface area (Å²) in [6, 6.07) is 3.58. The van der Waals surface area contributed by atoms with Crippen molar-refractivity contribution in [2.75, 3.05) is 0 Å². The van der Waals surface area contributed by atoms with E-state index in [4.69, 9.17) is 5.73 Å². The Kier molecular flexibility index (Phi) is 2.11. The summed E-state index contributed by atoms with van der Waals surface area (Å²) in [4.78, 5) is 10.9. The van der Waals surface area contributed by atoms with Crippen LogP contribution in [-0.2, 0) is 6.18 Å². The Balaban J connectivity index is 2.62. The normalized spacial score (nSPS) is 11.9. The average molecular weight is 229 g/mol. The number of rotatable bonds is 1. The maximum absolute atomic E-state index is 12.3. The van der Waals surface area contributed by atoms with Gasteiger partial charge in [0.2, 0.25) is 0 Å². The molecule has 0 saturated heterocycles. The van der Waals surface area contributed by atoms with Crippen molar-refractivity contribution in [3.05, 3.63) is 35.7 Å². The van der Waals surface area contributed by atoms with Crippen molar-refractivity contribution in [1.29, 1.82) is 0 Å². The Morgan fingerprint density at radius 2 is 2.06 bits per heavy atom. The van der Waals surface area contributed by atoms with Gasteiger partial charge in [0.15, 0.2) is 0 Å². The Morgan fingerprint density at radius 1 is 1.38 bits per heavy atom. The minimum Gasteiger partial charge on any atom is -0.364 e. The topological polar surface area (TPSA) is 60.4 Å². The lowest BCUT2D eigenvalue weighted by Crippen LogP contribution is -2.15. The summed E-state index contributed by atoms with van der Waals surface area (Å²) in [5, 5.41) is 3.52. The number of hydrogen-bond acceptors (Lipinski definition) is 2. The van der Waals surface area contributed by atoms with Crippen molar-refractivity contribution in [3.63, 3.8) is 0 Å². The molecule has 2 aromatic heterocycles. The van der Waals surface area contributed by atoms with E-state index >= 15 is 0 Å². The van der Waals surface area contributed by atoms with Crippen molar-refractivity contribution in [2.45, 2.75) is 6.18 Å². The van der Waals surface area contributed by atoms with Crippen LogP contribution < -0.4 is 5.73 Å². The van der Waals surface area contributed by atoms with Crippen LogP contribution in [0.5, 0.6) is 0 Å². The molecule has 0 aliphatic heterocycles. The average Bonchev–Trinajstić information content (AvgIpc) is 2.58. The number of halogens is 3. The minimum absolute atomic E-state index is 0.0451. The predicted octanol–water partition coefficient (Wildman–Crippen LogP) is 1.45. The minimum atomic E-state index is -4.45. The molecule has 0 saturated carbocycles. The van der Waals surface area contributed by atoms with Crippen molar-refractivity contribution < 1.29 is 18.0 Å². The first-order chi connectivity index (χ1) is 7.39. The van der Waals surface area contributed by atoms with Gasteiger partial charge in [0.1, 0.15) is 5.69 Å². The van der Waals surface area contributed by atoms with Crippen LogP contribution >= 0.6 is 0 Å². The van der Waals surface area contributed by atoms with E-state index < -0.39 is 17.6 Å². The van der Waals surface area contributed by atoms with Crippen molar-refractivity contribution >= 4 is 11.4 Å².